The van der Waals surface area contributed by atoms with Crippen LogP contribution in [-0.4, -0.2) is 25.6 Å². The average molecular weight is 334 g/mol. The van der Waals surface area contributed by atoms with Crippen molar-refractivity contribution in [2.24, 2.45) is 0 Å². The highest BCUT2D eigenvalue weighted by Gasteiger charge is 2.10. The molecule has 2 aromatic rings. The number of hydrogen-bond acceptors (Lipinski definition) is 4. The number of anilines is 1. The number of rotatable bonds is 6. The summed E-state index contributed by atoms with van der Waals surface area (Å²) in [5.74, 6) is -0.236. The molecule has 0 heterocycles. The fourth-order valence-electron chi connectivity index (χ4n) is 1.87. The molecule has 0 fully saturated rings. The van der Waals surface area contributed by atoms with Crippen LogP contribution in [0.1, 0.15) is 5.56 Å². The first-order valence-electron chi connectivity index (χ1n) is 6.91. The van der Waals surface area contributed by atoms with Crippen LogP contribution < -0.4 is 10.1 Å². The molecule has 23 heavy (non-hydrogen) atoms. The van der Waals surface area contributed by atoms with Gasteiger partial charge in [0.15, 0.2) is 6.61 Å². The molecule has 0 saturated carbocycles. The van der Waals surface area contributed by atoms with E-state index in [1.54, 1.807) is 55.6 Å². The smallest absolute Gasteiger partial charge is 0.310 e. The van der Waals surface area contributed by atoms with E-state index in [4.69, 9.17) is 21.1 Å². The summed E-state index contributed by atoms with van der Waals surface area (Å²) in [4.78, 5) is 23.5. The molecule has 0 radical (unpaired) electrons. The van der Waals surface area contributed by atoms with Gasteiger partial charge in [-0.2, -0.15) is 0 Å². The van der Waals surface area contributed by atoms with Crippen LogP contribution in [-0.2, 0) is 20.7 Å². The molecule has 5 nitrogen and oxygen atoms in total. The van der Waals surface area contributed by atoms with Crippen molar-refractivity contribution < 1.29 is 19.1 Å². The maximum Gasteiger partial charge on any atom is 0.310 e. The summed E-state index contributed by atoms with van der Waals surface area (Å²) in [6, 6.07) is 13.8. The van der Waals surface area contributed by atoms with Crippen molar-refractivity contribution in [3.8, 4) is 5.75 Å². The molecule has 1 N–H and O–H groups in total. The van der Waals surface area contributed by atoms with E-state index in [1.165, 1.54) is 0 Å². The van der Waals surface area contributed by atoms with Gasteiger partial charge in [0.25, 0.3) is 5.91 Å². The van der Waals surface area contributed by atoms with Gasteiger partial charge in [-0.1, -0.05) is 29.8 Å². The molecule has 0 aliphatic carbocycles. The van der Waals surface area contributed by atoms with E-state index in [1.807, 2.05) is 0 Å². The van der Waals surface area contributed by atoms with Gasteiger partial charge in [-0.15, -0.1) is 0 Å². The molecule has 0 saturated heterocycles. The van der Waals surface area contributed by atoms with Crippen LogP contribution in [0, 0.1) is 0 Å². The zero-order valence-electron chi connectivity index (χ0n) is 12.5. The Hall–Kier alpha value is -2.53. The van der Waals surface area contributed by atoms with Crippen LogP contribution in [0.25, 0.3) is 0 Å². The van der Waals surface area contributed by atoms with Gasteiger partial charge < -0.3 is 14.8 Å². The minimum atomic E-state index is -0.511. The summed E-state index contributed by atoms with van der Waals surface area (Å²) in [6.07, 6.45) is 0.0233. The summed E-state index contributed by atoms with van der Waals surface area (Å²) in [5, 5.41) is 3.12. The standard InChI is InChI=1S/C17H16ClNO4/c1-22-14-8-6-13(7-9-14)19-16(20)11-23-17(21)10-12-4-2-3-5-15(12)18/h2-9H,10-11H2,1H3,(H,19,20). The summed E-state index contributed by atoms with van der Waals surface area (Å²) in [7, 11) is 1.56. The predicted octanol–water partition coefficient (Wildman–Crippen LogP) is 3.07. The molecule has 0 aliphatic heterocycles. The van der Waals surface area contributed by atoms with Crippen LogP contribution in [0.4, 0.5) is 5.69 Å². The Morgan fingerprint density at radius 2 is 1.78 bits per heavy atom. The van der Waals surface area contributed by atoms with Crippen LogP contribution in [0.2, 0.25) is 5.02 Å². The third kappa shape index (κ3) is 5.30. The second kappa shape index (κ2) is 8.19. The van der Waals surface area contributed by atoms with Crippen LogP contribution in [0.3, 0.4) is 0 Å². The number of benzene rings is 2. The Morgan fingerprint density at radius 3 is 2.43 bits per heavy atom. The molecular formula is C17H16ClNO4. The SMILES string of the molecule is COc1ccc(NC(=O)COC(=O)Cc2ccccc2Cl)cc1. The Labute approximate surface area is 139 Å². The van der Waals surface area contributed by atoms with Crippen molar-refractivity contribution in [2.45, 2.75) is 6.42 Å². The number of amides is 1. The molecule has 0 spiro atoms. The van der Waals surface area contributed by atoms with Crippen molar-refractivity contribution >= 4 is 29.2 Å². The first kappa shape index (κ1) is 16.8. The Kier molecular flexibility index (Phi) is 6.00. The van der Waals surface area contributed by atoms with E-state index in [0.717, 1.165) is 0 Å². The van der Waals surface area contributed by atoms with Gasteiger partial charge in [0.05, 0.1) is 13.5 Å². The molecule has 0 aromatic heterocycles. The van der Waals surface area contributed by atoms with E-state index in [2.05, 4.69) is 5.32 Å². The van der Waals surface area contributed by atoms with Gasteiger partial charge in [-0.3, -0.25) is 9.59 Å². The number of nitrogens with one attached hydrogen (secondary N) is 1. The maximum absolute atomic E-state index is 11.7. The summed E-state index contributed by atoms with van der Waals surface area (Å²) < 4.78 is 9.97. The average Bonchev–Trinajstić information content (AvgIpc) is 2.56. The lowest BCUT2D eigenvalue weighted by Gasteiger charge is -2.08. The van der Waals surface area contributed by atoms with Crippen LogP contribution >= 0.6 is 11.6 Å². The molecule has 0 unspecified atom stereocenters. The monoisotopic (exact) mass is 333 g/mol. The molecule has 1 amide bonds. The fraction of sp³-hybridized carbons (Fsp3) is 0.176. The lowest BCUT2D eigenvalue weighted by Crippen LogP contribution is -2.21. The van der Waals surface area contributed by atoms with Crippen molar-refractivity contribution in [1.29, 1.82) is 0 Å². The van der Waals surface area contributed by atoms with Gasteiger partial charge in [0.2, 0.25) is 0 Å². The second-order valence-electron chi connectivity index (χ2n) is 4.71. The van der Waals surface area contributed by atoms with Gasteiger partial charge in [-0.05, 0) is 35.9 Å². The normalized spacial score (nSPS) is 10.0. The molecule has 2 rings (SSSR count). The molecule has 2 aromatic carbocycles. The van der Waals surface area contributed by atoms with E-state index in [9.17, 15) is 9.59 Å². The predicted molar refractivity (Wildman–Crippen MR) is 87.7 cm³/mol. The van der Waals surface area contributed by atoms with Gasteiger partial charge in [0.1, 0.15) is 5.75 Å². The van der Waals surface area contributed by atoms with Gasteiger partial charge in [0, 0.05) is 10.7 Å². The number of ether oxygens (including phenoxy) is 2. The molecule has 6 heteroatoms. The minimum Gasteiger partial charge on any atom is -0.497 e. The van der Waals surface area contributed by atoms with Gasteiger partial charge >= 0.3 is 5.97 Å². The third-order valence-corrected chi connectivity index (χ3v) is 3.40. The lowest BCUT2D eigenvalue weighted by atomic mass is 10.1. The van der Waals surface area contributed by atoms with E-state index in [-0.39, 0.29) is 13.0 Å². The van der Waals surface area contributed by atoms with E-state index in [0.29, 0.717) is 22.0 Å². The lowest BCUT2D eigenvalue weighted by molar-refractivity contribution is -0.146. The molecular weight excluding hydrogens is 318 g/mol. The number of methoxy groups -OCH3 is 1. The third-order valence-electron chi connectivity index (χ3n) is 3.03. The second-order valence-corrected chi connectivity index (χ2v) is 5.11. The summed E-state index contributed by atoms with van der Waals surface area (Å²) in [5.41, 5.74) is 1.26. The van der Waals surface area contributed by atoms with Crippen molar-refractivity contribution in [3.05, 3.63) is 59.1 Å². The molecule has 0 atom stereocenters. The number of carbonyl (C=O) groups excluding carboxylic acids is 2. The van der Waals surface area contributed by atoms with Gasteiger partial charge in [-0.25, -0.2) is 0 Å². The van der Waals surface area contributed by atoms with Crippen molar-refractivity contribution in [1.82, 2.24) is 0 Å². The first-order chi connectivity index (χ1) is 11.1. The Bertz CT molecular complexity index is 685. The molecule has 0 bridgehead atoms. The zero-order chi connectivity index (χ0) is 16.7. The van der Waals surface area contributed by atoms with Crippen molar-refractivity contribution in [2.75, 3.05) is 19.0 Å². The topological polar surface area (TPSA) is 64.6 Å². The van der Waals surface area contributed by atoms with Crippen LogP contribution in [0.15, 0.2) is 48.5 Å². The summed E-state index contributed by atoms with van der Waals surface area (Å²) >= 11 is 5.97. The fourth-order valence-corrected chi connectivity index (χ4v) is 2.07. The van der Waals surface area contributed by atoms with Crippen molar-refractivity contribution in [3.63, 3.8) is 0 Å². The Morgan fingerprint density at radius 1 is 1.09 bits per heavy atom. The zero-order valence-corrected chi connectivity index (χ0v) is 13.3. The van der Waals surface area contributed by atoms with Crippen LogP contribution in [0.5, 0.6) is 5.75 Å². The van der Waals surface area contributed by atoms with E-state index >= 15 is 0 Å². The Balaban J connectivity index is 1.79. The highest BCUT2D eigenvalue weighted by atomic mass is 35.5. The highest BCUT2D eigenvalue weighted by Crippen LogP contribution is 2.16. The maximum atomic E-state index is 11.7. The molecule has 0 aliphatic rings. The highest BCUT2D eigenvalue weighted by molar-refractivity contribution is 6.31. The molecule has 120 valence electrons. The minimum absolute atomic E-state index is 0.0233. The first-order valence-corrected chi connectivity index (χ1v) is 7.29. The number of carbonyl (C=O) groups is 2. The largest absolute Gasteiger partial charge is 0.497 e. The summed E-state index contributed by atoms with van der Waals surface area (Å²) in [6.45, 7) is -0.352. The number of hydrogen-bond donors (Lipinski definition) is 1. The number of esters is 1. The van der Waals surface area contributed by atoms with E-state index < -0.39 is 11.9 Å². The quantitative estimate of drug-likeness (QED) is 0.825. The number of halogens is 1.